The summed E-state index contributed by atoms with van der Waals surface area (Å²) < 4.78 is 5.23. The van der Waals surface area contributed by atoms with E-state index in [2.05, 4.69) is 6.58 Å². The molecule has 1 amide bonds. The molecule has 3 heteroatoms. The van der Waals surface area contributed by atoms with Gasteiger partial charge >= 0.3 is 0 Å². The topological polar surface area (TPSA) is 29.5 Å². The van der Waals surface area contributed by atoms with Gasteiger partial charge in [-0.2, -0.15) is 0 Å². The molecule has 1 fully saturated rings. The summed E-state index contributed by atoms with van der Waals surface area (Å²) in [6.45, 7) is 3.71. The minimum atomic E-state index is 0.0213. The molecule has 2 rings (SSSR count). The zero-order valence-corrected chi connectivity index (χ0v) is 10.3. The van der Waals surface area contributed by atoms with Crippen LogP contribution in [0.3, 0.4) is 0 Å². The molecule has 0 atom stereocenters. The van der Waals surface area contributed by atoms with E-state index in [-0.39, 0.29) is 5.91 Å². The molecule has 0 saturated heterocycles. The highest BCUT2D eigenvalue weighted by Crippen LogP contribution is 2.29. The van der Waals surface area contributed by atoms with Crippen molar-refractivity contribution in [2.45, 2.75) is 18.9 Å². The molecular formula is C14H17NO2. The summed E-state index contributed by atoms with van der Waals surface area (Å²) in [5.74, 6) is 0.640. The van der Waals surface area contributed by atoms with Crippen LogP contribution in [-0.4, -0.2) is 31.0 Å². The third-order valence-corrected chi connectivity index (χ3v) is 3.10. The van der Waals surface area contributed by atoms with Gasteiger partial charge < -0.3 is 9.64 Å². The number of ether oxygens (including phenoxy) is 1. The van der Waals surface area contributed by atoms with E-state index in [1.54, 1.807) is 18.1 Å². The van der Waals surface area contributed by atoms with Gasteiger partial charge in [0.1, 0.15) is 5.75 Å². The van der Waals surface area contributed by atoms with E-state index in [1.807, 2.05) is 25.2 Å². The first-order chi connectivity index (χ1) is 8.17. The smallest absolute Gasteiger partial charge is 0.257 e. The van der Waals surface area contributed by atoms with E-state index >= 15 is 0 Å². The molecule has 0 bridgehead atoms. The molecule has 1 aliphatic carbocycles. The van der Waals surface area contributed by atoms with Crippen molar-refractivity contribution >= 4 is 12.0 Å². The molecule has 0 aromatic heterocycles. The van der Waals surface area contributed by atoms with E-state index in [1.165, 1.54) is 0 Å². The van der Waals surface area contributed by atoms with Gasteiger partial charge in [-0.15, -0.1) is 0 Å². The van der Waals surface area contributed by atoms with Gasteiger partial charge in [-0.3, -0.25) is 4.79 Å². The SMILES string of the molecule is C=Cc1ccc(OC)c(C(=O)N(C)C2CC2)c1. The summed E-state index contributed by atoms with van der Waals surface area (Å²) in [6, 6.07) is 5.93. The Hall–Kier alpha value is -1.77. The fourth-order valence-electron chi connectivity index (χ4n) is 1.84. The summed E-state index contributed by atoms with van der Waals surface area (Å²) in [6.07, 6.45) is 3.94. The third kappa shape index (κ3) is 2.33. The van der Waals surface area contributed by atoms with E-state index in [0.717, 1.165) is 18.4 Å². The molecule has 0 N–H and O–H groups in total. The summed E-state index contributed by atoms with van der Waals surface area (Å²) in [7, 11) is 3.43. The normalized spacial score (nSPS) is 14.2. The predicted octanol–water partition coefficient (Wildman–Crippen LogP) is 2.57. The highest BCUT2D eigenvalue weighted by Gasteiger charge is 2.31. The fourth-order valence-corrected chi connectivity index (χ4v) is 1.84. The van der Waals surface area contributed by atoms with E-state index in [9.17, 15) is 4.79 Å². The number of methoxy groups -OCH3 is 1. The van der Waals surface area contributed by atoms with Crippen molar-refractivity contribution < 1.29 is 9.53 Å². The maximum atomic E-state index is 12.3. The van der Waals surface area contributed by atoms with Gasteiger partial charge in [0, 0.05) is 13.1 Å². The lowest BCUT2D eigenvalue weighted by molar-refractivity contribution is 0.0781. The number of hydrogen-bond donors (Lipinski definition) is 0. The number of carbonyl (C=O) groups excluding carboxylic acids is 1. The summed E-state index contributed by atoms with van der Waals surface area (Å²) in [5, 5.41) is 0. The maximum absolute atomic E-state index is 12.3. The van der Waals surface area contributed by atoms with E-state index < -0.39 is 0 Å². The zero-order valence-electron chi connectivity index (χ0n) is 10.3. The summed E-state index contributed by atoms with van der Waals surface area (Å²) in [5.41, 5.74) is 1.54. The summed E-state index contributed by atoms with van der Waals surface area (Å²) in [4.78, 5) is 14.1. The number of hydrogen-bond acceptors (Lipinski definition) is 2. The lowest BCUT2D eigenvalue weighted by Crippen LogP contribution is -2.29. The largest absolute Gasteiger partial charge is 0.496 e. The van der Waals surface area contributed by atoms with Crippen LogP contribution >= 0.6 is 0 Å². The molecule has 3 nitrogen and oxygen atoms in total. The number of amides is 1. The second kappa shape index (κ2) is 4.62. The second-order valence-electron chi connectivity index (χ2n) is 4.31. The Morgan fingerprint density at radius 1 is 1.53 bits per heavy atom. The molecule has 0 heterocycles. The fraction of sp³-hybridized carbons (Fsp3) is 0.357. The van der Waals surface area contributed by atoms with Crippen LogP contribution in [0.5, 0.6) is 5.75 Å². The van der Waals surface area contributed by atoms with Gasteiger partial charge in [-0.25, -0.2) is 0 Å². The molecular weight excluding hydrogens is 214 g/mol. The van der Waals surface area contributed by atoms with Crippen LogP contribution < -0.4 is 4.74 Å². The van der Waals surface area contributed by atoms with Gasteiger partial charge in [0.15, 0.2) is 0 Å². The van der Waals surface area contributed by atoms with Crippen molar-refractivity contribution in [3.8, 4) is 5.75 Å². The molecule has 0 spiro atoms. The van der Waals surface area contributed by atoms with Crippen molar-refractivity contribution in [1.82, 2.24) is 4.90 Å². The van der Waals surface area contributed by atoms with Crippen molar-refractivity contribution in [2.24, 2.45) is 0 Å². The van der Waals surface area contributed by atoms with Crippen LogP contribution in [0.25, 0.3) is 6.08 Å². The van der Waals surface area contributed by atoms with Crippen LogP contribution in [-0.2, 0) is 0 Å². The molecule has 17 heavy (non-hydrogen) atoms. The van der Waals surface area contributed by atoms with E-state index in [4.69, 9.17) is 4.74 Å². The number of carbonyl (C=O) groups is 1. The zero-order chi connectivity index (χ0) is 12.4. The molecule has 1 aromatic rings. The predicted molar refractivity (Wildman–Crippen MR) is 68.2 cm³/mol. The number of rotatable bonds is 4. The Morgan fingerprint density at radius 2 is 2.24 bits per heavy atom. The van der Waals surface area contributed by atoms with Crippen LogP contribution in [0.4, 0.5) is 0 Å². The van der Waals surface area contributed by atoms with Crippen LogP contribution in [0.2, 0.25) is 0 Å². The first-order valence-electron chi connectivity index (χ1n) is 5.75. The third-order valence-electron chi connectivity index (χ3n) is 3.10. The van der Waals surface area contributed by atoms with Gasteiger partial charge in [-0.1, -0.05) is 18.7 Å². The molecule has 0 unspecified atom stereocenters. The quantitative estimate of drug-likeness (QED) is 0.797. The minimum absolute atomic E-state index is 0.0213. The van der Waals surface area contributed by atoms with Gasteiger partial charge in [0.25, 0.3) is 5.91 Å². The van der Waals surface area contributed by atoms with Gasteiger partial charge in [0.2, 0.25) is 0 Å². The summed E-state index contributed by atoms with van der Waals surface area (Å²) >= 11 is 0. The average Bonchev–Trinajstić information content (AvgIpc) is 3.20. The Labute approximate surface area is 102 Å². The standard InChI is InChI=1S/C14H17NO2/c1-4-10-5-8-13(17-3)12(9-10)14(16)15(2)11-6-7-11/h4-5,8-9,11H,1,6-7H2,2-3H3. The van der Waals surface area contributed by atoms with Crippen LogP contribution in [0.15, 0.2) is 24.8 Å². The molecule has 1 aliphatic rings. The lowest BCUT2D eigenvalue weighted by Gasteiger charge is -2.18. The lowest BCUT2D eigenvalue weighted by atomic mass is 10.1. The average molecular weight is 231 g/mol. The molecule has 0 aliphatic heterocycles. The molecule has 0 radical (unpaired) electrons. The van der Waals surface area contributed by atoms with Crippen molar-refractivity contribution in [3.63, 3.8) is 0 Å². The Bertz CT molecular complexity index is 450. The van der Waals surface area contributed by atoms with Gasteiger partial charge in [-0.05, 0) is 30.5 Å². The first-order valence-corrected chi connectivity index (χ1v) is 5.75. The first kappa shape index (κ1) is 11.7. The Kier molecular flexibility index (Phi) is 3.18. The van der Waals surface area contributed by atoms with Crippen molar-refractivity contribution in [1.29, 1.82) is 0 Å². The minimum Gasteiger partial charge on any atom is -0.496 e. The highest BCUT2D eigenvalue weighted by atomic mass is 16.5. The monoisotopic (exact) mass is 231 g/mol. The maximum Gasteiger partial charge on any atom is 0.257 e. The van der Waals surface area contributed by atoms with Crippen LogP contribution in [0.1, 0.15) is 28.8 Å². The number of nitrogens with zero attached hydrogens (tertiary/aromatic N) is 1. The second-order valence-corrected chi connectivity index (χ2v) is 4.31. The van der Waals surface area contributed by atoms with Crippen LogP contribution in [0, 0.1) is 0 Å². The number of benzene rings is 1. The van der Waals surface area contributed by atoms with E-state index in [0.29, 0.717) is 17.4 Å². The van der Waals surface area contributed by atoms with Gasteiger partial charge in [0.05, 0.1) is 12.7 Å². The molecule has 1 saturated carbocycles. The van der Waals surface area contributed by atoms with Crippen molar-refractivity contribution in [2.75, 3.05) is 14.2 Å². The highest BCUT2D eigenvalue weighted by molar-refractivity contribution is 5.97. The molecule has 1 aromatic carbocycles. The van der Waals surface area contributed by atoms with Crippen molar-refractivity contribution in [3.05, 3.63) is 35.9 Å². The Morgan fingerprint density at radius 3 is 2.76 bits per heavy atom. The Balaban J connectivity index is 2.33. The molecule has 90 valence electrons.